The summed E-state index contributed by atoms with van der Waals surface area (Å²) >= 11 is 7.76. The minimum absolute atomic E-state index is 0.0683. The van der Waals surface area contributed by atoms with Gasteiger partial charge in [0.2, 0.25) is 11.0 Å². The molecule has 0 aromatic carbocycles. The zero-order valence-corrected chi connectivity index (χ0v) is 12.5. The monoisotopic (exact) mass is 341 g/mol. The molecule has 0 saturated heterocycles. The van der Waals surface area contributed by atoms with Gasteiger partial charge in [-0.1, -0.05) is 22.9 Å². The highest BCUT2D eigenvalue weighted by atomic mass is 35.5. The van der Waals surface area contributed by atoms with Gasteiger partial charge >= 0.3 is 6.18 Å². The topological polar surface area (TPSA) is 54.8 Å². The normalized spacial score (nSPS) is 11.7. The Morgan fingerprint density at radius 1 is 1.25 bits per heavy atom. The minimum atomic E-state index is -4.64. The number of rotatable bonds is 3. The van der Waals surface area contributed by atoms with E-state index >= 15 is 0 Å². The summed E-state index contributed by atoms with van der Waals surface area (Å²) < 4.78 is 38.2. The van der Waals surface area contributed by atoms with Crippen molar-refractivity contribution in [2.75, 3.05) is 19.0 Å². The Hall–Kier alpha value is -1.13. The molecule has 0 aliphatic rings. The third-order valence-electron chi connectivity index (χ3n) is 1.90. The quantitative estimate of drug-likeness (QED) is 0.799. The van der Waals surface area contributed by atoms with E-state index in [1.807, 2.05) is 0 Å². The second kappa shape index (κ2) is 5.70. The van der Waals surface area contributed by atoms with Crippen molar-refractivity contribution in [1.82, 2.24) is 20.2 Å². The highest BCUT2D eigenvalue weighted by Gasteiger charge is 2.35. The van der Waals surface area contributed by atoms with E-state index in [9.17, 15) is 13.2 Å². The Morgan fingerprint density at radius 3 is 2.50 bits per heavy atom. The molecular formula is C9H7ClF3N5S2. The van der Waals surface area contributed by atoms with Gasteiger partial charge in [0.25, 0.3) is 0 Å². The fourth-order valence-corrected chi connectivity index (χ4v) is 3.05. The first-order valence-electron chi connectivity index (χ1n) is 5.06. The lowest BCUT2D eigenvalue weighted by Gasteiger charge is -2.06. The Labute approximate surface area is 125 Å². The van der Waals surface area contributed by atoms with Gasteiger partial charge in [-0.2, -0.15) is 13.2 Å². The summed E-state index contributed by atoms with van der Waals surface area (Å²) in [7, 11) is 3.58. The van der Waals surface area contributed by atoms with Crippen molar-refractivity contribution in [3.8, 4) is 0 Å². The Morgan fingerprint density at radius 2 is 1.95 bits per heavy atom. The molecule has 108 valence electrons. The molecule has 2 heterocycles. The minimum Gasteiger partial charge on any atom is -0.353 e. The summed E-state index contributed by atoms with van der Waals surface area (Å²) in [5.41, 5.74) is 0. The van der Waals surface area contributed by atoms with Crippen LogP contribution < -0.4 is 4.90 Å². The first-order chi connectivity index (χ1) is 9.25. The Kier molecular flexibility index (Phi) is 4.35. The summed E-state index contributed by atoms with van der Waals surface area (Å²) in [6, 6.07) is 1.25. The van der Waals surface area contributed by atoms with Gasteiger partial charge < -0.3 is 4.90 Å². The molecule has 0 amide bonds. The first-order valence-corrected chi connectivity index (χ1v) is 7.07. The van der Waals surface area contributed by atoms with Crippen molar-refractivity contribution in [2.24, 2.45) is 0 Å². The van der Waals surface area contributed by atoms with Crippen LogP contribution in [0, 0.1) is 0 Å². The first kappa shape index (κ1) is 15.3. The molecule has 2 aromatic rings. The van der Waals surface area contributed by atoms with Gasteiger partial charge in [-0.15, -0.1) is 10.2 Å². The largest absolute Gasteiger partial charge is 0.451 e. The third kappa shape index (κ3) is 3.70. The number of hydrogen-bond donors (Lipinski definition) is 0. The van der Waals surface area contributed by atoms with E-state index < -0.39 is 12.0 Å². The van der Waals surface area contributed by atoms with Crippen LogP contribution in [0.25, 0.3) is 0 Å². The second-order valence-electron chi connectivity index (χ2n) is 3.70. The molecule has 0 aliphatic heterocycles. The van der Waals surface area contributed by atoms with Crippen molar-refractivity contribution in [1.29, 1.82) is 0 Å². The van der Waals surface area contributed by atoms with E-state index in [1.54, 1.807) is 19.0 Å². The van der Waals surface area contributed by atoms with Crippen LogP contribution in [0.3, 0.4) is 0 Å². The summed E-state index contributed by atoms with van der Waals surface area (Å²) in [5.74, 6) is -1.27. The van der Waals surface area contributed by atoms with Crippen molar-refractivity contribution < 1.29 is 13.2 Å². The van der Waals surface area contributed by atoms with Crippen molar-refractivity contribution >= 4 is 39.8 Å². The van der Waals surface area contributed by atoms with Crippen LogP contribution >= 0.6 is 34.7 Å². The SMILES string of the molecule is CN(C)c1nnc(Sc2cc(Cl)nc(C(F)(F)F)n2)s1. The number of hydrogen-bond acceptors (Lipinski definition) is 7. The van der Waals surface area contributed by atoms with Gasteiger partial charge in [-0.25, -0.2) is 9.97 Å². The predicted molar refractivity (Wildman–Crippen MR) is 70.4 cm³/mol. The highest BCUT2D eigenvalue weighted by Crippen LogP contribution is 2.34. The molecule has 0 atom stereocenters. The van der Waals surface area contributed by atoms with E-state index in [1.165, 1.54) is 17.4 Å². The van der Waals surface area contributed by atoms with E-state index in [0.29, 0.717) is 9.47 Å². The van der Waals surface area contributed by atoms with Gasteiger partial charge in [-0.3, -0.25) is 0 Å². The molecule has 0 aliphatic carbocycles. The van der Waals surface area contributed by atoms with E-state index in [0.717, 1.165) is 11.8 Å². The molecule has 0 saturated carbocycles. The van der Waals surface area contributed by atoms with Crippen molar-refractivity contribution in [2.45, 2.75) is 15.5 Å². The van der Waals surface area contributed by atoms with Crippen LogP contribution in [-0.2, 0) is 6.18 Å². The van der Waals surface area contributed by atoms with Crippen LogP contribution in [0.1, 0.15) is 5.82 Å². The number of halogens is 4. The maximum Gasteiger partial charge on any atom is 0.451 e. The van der Waals surface area contributed by atoms with Gasteiger partial charge in [0.1, 0.15) is 10.2 Å². The Balaban J connectivity index is 2.26. The zero-order chi connectivity index (χ0) is 14.9. The van der Waals surface area contributed by atoms with Crippen molar-refractivity contribution in [3.05, 3.63) is 17.0 Å². The summed E-state index contributed by atoms with van der Waals surface area (Å²) in [6.45, 7) is 0. The average molecular weight is 342 g/mol. The predicted octanol–water partition coefficient (Wildman–Crippen LogP) is 3.22. The molecule has 20 heavy (non-hydrogen) atoms. The standard InChI is InChI=1S/C9H7ClF3N5S2/c1-18(2)7-16-17-8(20-7)19-5-3-4(10)14-6(15-5)9(11,12)13/h3H,1-2H3. The average Bonchev–Trinajstić information content (AvgIpc) is 2.75. The van der Waals surface area contributed by atoms with E-state index in [4.69, 9.17) is 11.6 Å². The number of nitrogens with zero attached hydrogens (tertiary/aromatic N) is 5. The summed E-state index contributed by atoms with van der Waals surface area (Å²) in [4.78, 5) is 8.32. The van der Waals surface area contributed by atoms with E-state index in [-0.39, 0.29) is 10.2 Å². The summed E-state index contributed by atoms with van der Waals surface area (Å²) in [6.07, 6.45) is -4.64. The lowest BCUT2D eigenvalue weighted by atomic mass is 10.5. The molecule has 0 unspecified atom stereocenters. The maximum atomic E-state index is 12.6. The maximum absolute atomic E-state index is 12.6. The van der Waals surface area contributed by atoms with Gasteiger partial charge in [0.05, 0.1) is 0 Å². The fraction of sp³-hybridized carbons (Fsp3) is 0.333. The molecular weight excluding hydrogens is 335 g/mol. The molecule has 2 aromatic heterocycles. The van der Waals surface area contributed by atoms with E-state index in [2.05, 4.69) is 20.2 Å². The van der Waals surface area contributed by atoms with Crippen LogP contribution in [0.2, 0.25) is 5.15 Å². The number of anilines is 1. The molecule has 0 bridgehead atoms. The molecule has 5 nitrogen and oxygen atoms in total. The van der Waals surface area contributed by atoms with Crippen LogP contribution in [0.4, 0.5) is 18.3 Å². The summed E-state index contributed by atoms with van der Waals surface area (Å²) in [5, 5.41) is 8.18. The molecule has 2 rings (SSSR count). The van der Waals surface area contributed by atoms with Gasteiger partial charge in [0.15, 0.2) is 4.34 Å². The van der Waals surface area contributed by atoms with Crippen molar-refractivity contribution in [3.63, 3.8) is 0 Å². The van der Waals surface area contributed by atoms with Gasteiger partial charge in [0, 0.05) is 20.2 Å². The zero-order valence-electron chi connectivity index (χ0n) is 10.1. The number of alkyl halides is 3. The molecule has 11 heteroatoms. The number of aromatic nitrogens is 4. The molecule has 0 spiro atoms. The fourth-order valence-electron chi connectivity index (χ4n) is 1.09. The second-order valence-corrected chi connectivity index (χ2v) is 6.31. The van der Waals surface area contributed by atoms with Crippen LogP contribution in [0.5, 0.6) is 0 Å². The van der Waals surface area contributed by atoms with Crippen LogP contribution in [0.15, 0.2) is 15.4 Å². The van der Waals surface area contributed by atoms with Crippen LogP contribution in [-0.4, -0.2) is 34.3 Å². The smallest absolute Gasteiger partial charge is 0.353 e. The lowest BCUT2D eigenvalue weighted by Crippen LogP contribution is -2.11. The lowest BCUT2D eigenvalue weighted by molar-refractivity contribution is -0.145. The molecule has 0 radical (unpaired) electrons. The highest BCUT2D eigenvalue weighted by molar-refractivity contribution is 8.01. The third-order valence-corrected chi connectivity index (χ3v) is 4.15. The molecule has 0 N–H and O–H groups in total. The van der Waals surface area contributed by atoms with Gasteiger partial charge in [-0.05, 0) is 11.8 Å². The molecule has 0 fully saturated rings. The Bertz CT molecular complexity index is 616.